The molecular weight excluding hydrogens is 425 g/mol. The molecule has 7 heteroatoms. The topological polar surface area (TPSA) is 79.5 Å². The lowest BCUT2D eigenvalue weighted by Gasteiger charge is -2.20. The third-order valence-corrected chi connectivity index (χ3v) is 6.79. The van der Waals surface area contributed by atoms with Gasteiger partial charge >= 0.3 is 5.97 Å². The average Bonchev–Trinajstić information content (AvgIpc) is 3.31. The summed E-state index contributed by atoms with van der Waals surface area (Å²) in [4.78, 5) is 25.7. The van der Waals surface area contributed by atoms with Gasteiger partial charge in [-0.25, -0.2) is 0 Å². The van der Waals surface area contributed by atoms with Crippen LogP contribution in [0.1, 0.15) is 53.2 Å². The zero-order valence-electron chi connectivity index (χ0n) is 16.4. The van der Waals surface area contributed by atoms with Crippen LogP contribution in [0.2, 0.25) is 10.0 Å². The molecule has 2 N–H and O–H groups in total. The second kappa shape index (κ2) is 7.97. The van der Waals surface area contributed by atoms with Gasteiger partial charge in [-0.3, -0.25) is 14.2 Å². The molecule has 5 nitrogen and oxygen atoms in total. The number of carbonyl (C=O) groups is 2. The quantitative estimate of drug-likeness (QED) is 0.515. The summed E-state index contributed by atoms with van der Waals surface area (Å²) in [6.45, 7) is 1.76. The first-order valence-corrected chi connectivity index (χ1v) is 10.6. The number of fused-ring (bicyclic) bond motifs is 1. The van der Waals surface area contributed by atoms with Crippen LogP contribution < -0.4 is 0 Å². The number of carboxylic acids is 1. The average molecular weight is 446 g/mol. The minimum Gasteiger partial charge on any atom is -0.508 e. The van der Waals surface area contributed by atoms with Gasteiger partial charge in [0.15, 0.2) is 0 Å². The summed E-state index contributed by atoms with van der Waals surface area (Å²) in [5.41, 5.74) is 2.05. The summed E-state index contributed by atoms with van der Waals surface area (Å²) in [6, 6.07) is 9.33. The highest BCUT2D eigenvalue weighted by Gasteiger charge is 2.36. The molecule has 4 rings (SSSR count). The predicted octanol–water partition coefficient (Wildman–Crippen LogP) is 6.01. The Kier molecular flexibility index (Phi) is 5.51. The Morgan fingerprint density at radius 3 is 2.40 bits per heavy atom. The van der Waals surface area contributed by atoms with Crippen molar-refractivity contribution in [3.8, 4) is 5.75 Å². The molecule has 30 heavy (non-hydrogen) atoms. The number of rotatable bonds is 4. The highest BCUT2D eigenvalue weighted by Crippen LogP contribution is 2.43. The SMILES string of the molecule is Cc1c(C(C(=O)O)C2CCCC2)c2cc(O)ccc2n1C(=O)c1ccc(Cl)c(Cl)c1. The number of aliphatic carboxylic acids is 1. The lowest BCUT2D eigenvalue weighted by molar-refractivity contribution is -0.140. The van der Waals surface area contributed by atoms with Gasteiger partial charge < -0.3 is 10.2 Å². The summed E-state index contributed by atoms with van der Waals surface area (Å²) in [7, 11) is 0. The third kappa shape index (κ3) is 3.46. The summed E-state index contributed by atoms with van der Waals surface area (Å²) in [5, 5.41) is 21.4. The highest BCUT2D eigenvalue weighted by atomic mass is 35.5. The second-order valence-electron chi connectivity index (χ2n) is 7.83. The van der Waals surface area contributed by atoms with Gasteiger partial charge in [-0.2, -0.15) is 0 Å². The van der Waals surface area contributed by atoms with E-state index in [2.05, 4.69) is 0 Å². The van der Waals surface area contributed by atoms with Gasteiger partial charge in [0.1, 0.15) is 5.75 Å². The molecular formula is C23H21Cl2NO4. The van der Waals surface area contributed by atoms with E-state index in [1.54, 1.807) is 31.2 Å². The Bertz CT molecular complexity index is 1160. The maximum absolute atomic E-state index is 13.4. The fraction of sp³-hybridized carbons (Fsp3) is 0.304. The van der Waals surface area contributed by atoms with E-state index in [4.69, 9.17) is 23.2 Å². The molecule has 1 heterocycles. The molecule has 1 unspecified atom stereocenters. The number of phenols is 1. The first-order chi connectivity index (χ1) is 14.3. The number of aromatic nitrogens is 1. The van der Waals surface area contributed by atoms with E-state index < -0.39 is 11.9 Å². The van der Waals surface area contributed by atoms with Crippen LogP contribution in [0.3, 0.4) is 0 Å². The smallest absolute Gasteiger partial charge is 0.311 e. The monoisotopic (exact) mass is 445 g/mol. The van der Waals surface area contributed by atoms with E-state index >= 15 is 0 Å². The molecule has 1 aromatic heterocycles. The summed E-state index contributed by atoms with van der Waals surface area (Å²) < 4.78 is 1.51. The Hall–Kier alpha value is -2.50. The lowest BCUT2D eigenvalue weighted by Crippen LogP contribution is -2.21. The summed E-state index contributed by atoms with van der Waals surface area (Å²) in [5.74, 6) is -1.95. The largest absolute Gasteiger partial charge is 0.508 e. The van der Waals surface area contributed by atoms with E-state index in [1.807, 2.05) is 0 Å². The van der Waals surface area contributed by atoms with Gasteiger partial charge in [-0.15, -0.1) is 0 Å². The van der Waals surface area contributed by atoms with Crippen LogP contribution in [0.15, 0.2) is 36.4 Å². The number of benzene rings is 2. The fourth-order valence-corrected chi connectivity index (χ4v) is 4.99. The zero-order valence-corrected chi connectivity index (χ0v) is 17.9. The number of carboxylic acid groups (broad SMARTS) is 1. The molecule has 0 amide bonds. The zero-order chi connectivity index (χ0) is 21.6. The van der Waals surface area contributed by atoms with Gasteiger partial charge in [0, 0.05) is 16.6 Å². The second-order valence-corrected chi connectivity index (χ2v) is 8.64. The molecule has 156 valence electrons. The Labute approximate surface area is 183 Å². The van der Waals surface area contributed by atoms with Crippen molar-refractivity contribution in [1.82, 2.24) is 4.57 Å². The van der Waals surface area contributed by atoms with Crippen LogP contribution in [0, 0.1) is 12.8 Å². The van der Waals surface area contributed by atoms with Crippen molar-refractivity contribution in [1.29, 1.82) is 0 Å². The molecule has 0 saturated heterocycles. The van der Waals surface area contributed by atoms with E-state index in [1.165, 1.54) is 16.7 Å². The Morgan fingerprint density at radius 1 is 1.07 bits per heavy atom. The van der Waals surface area contributed by atoms with Crippen LogP contribution in [0.5, 0.6) is 5.75 Å². The summed E-state index contributed by atoms with van der Waals surface area (Å²) in [6.07, 6.45) is 3.67. The van der Waals surface area contributed by atoms with E-state index in [0.717, 1.165) is 25.7 Å². The molecule has 1 saturated carbocycles. The van der Waals surface area contributed by atoms with Crippen molar-refractivity contribution in [2.45, 2.75) is 38.5 Å². The molecule has 3 aromatic rings. The molecule has 1 atom stereocenters. The molecule has 1 aliphatic rings. The number of halogens is 2. The van der Waals surface area contributed by atoms with Crippen LogP contribution in [0.25, 0.3) is 10.9 Å². The maximum Gasteiger partial charge on any atom is 0.311 e. The van der Waals surface area contributed by atoms with Crippen molar-refractivity contribution in [2.75, 3.05) is 0 Å². The molecule has 0 radical (unpaired) electrons. The van der Waals surface area contributed by atoms with Crippen LogP contribution in [-0.4, -0.2) is 26.7 Å². The minimum atomic E-state index is -0.908. The predicted molar refractivity (Wildman–Crippen MR) is 117 cm³/mol. The van der Waals surface area contributed by atoms with Crippen molar-refractivity contribution in [3.63, 3.8) is 0 Å². The number of aromatic hydroxyl groups is 1. The Balaban J connectivity index is 1.95. The van der Waals surface area contributed by atoms with Crippen molar-refractivity contribution in [2.24, 2.45) is 5.92 Å². The van der Waals surface area contributed by atoms with E-state index in [9.17, 15) is 19.8 Å². The molecule has 0 aliphatic heterocycles. The molecule has 1 aliphatic carbocycles. The molecule has 2 aromatic carbocycles. The van der Waals surface area contributed by atoms with Gasteiger partial charge in [0.05, 0.1) is 21.5 Å². The van der Waals surface area contributed by atoms with E-state index in [-0.39, 0.29) is 22.6 Å². The van der Waals surface area contributed by atoms with Crippen molar-refractivity contribution in [3.05, 3.63) is 63.3 Å². The third-order valence-electron chi connectivity index (χ3n) is 6.05. The normalized spacial score (nSPS) is 15.6. The number of phenolic OH excluding ortho intramolecular Hbond substituents is 1. The van der Waals surface area contributed by atoms with E-state index in [0.29, 0.717) is 32.7 Å². The first kappa shape index (κ1) is 20.8. The number of carbonyl (C=O) groups excluding carboxylic acids is 1. The standard InChI is InChI=1S/C23H21Cl2NO4/c1-12-20(21(23(29)30)13-4-2-3-5-13)16-11-15(27)7-9-19(16)26(12)22(28)14-6-8-17(24)18(25)10-14/h6-11,13,21,27H,2-5H2,1H3,(H,29,30). The first-order valence-electron chi connectivity index (χ1n) is 9.86. The Morgan fingerprint density at radius 2 is 1.77 bits per heavy atom. The molecule has 0 bridgehead atoms. The maximum atomic E-state index is 13.4. The van der Waals surface area contributed by atoms with Crippen molar-refractivity contribution < 1.29 is 19.8 Å². The van der Waals surface area contributed by atoms with Gasteiger partial charge in [0.2, 0.25) is 0 Å². The van der Waals surface area contributed by atoms with Crippen LogP contribution in [0.4, 0.5) is 0 Å². The fourth-order valence-electron chi connectivity index (χ4n) is 4.69. The molecule has 0 spiro atoms. The minimum absolute atomic E-state index is 0.00248. The van der Waals surface area contributed by atoms with Crippen molar-refractivity contribution >= 4 is 46.0 Å². The van der Waals surface area contributed by atoms with Crippen LogP contribution >= 0.6 is 23.2 Å². The summed E-state index contributed by atoms with van der Waals surface area (Å²) >= 11 is 12.1. The number of nitrogens with zero attached hydrogens (tertiary/aromatic N) is 1. The highest BCUT2D eigenvalue weighted by molar-refractivity contribution is 6.42. The van der Waals surface area contributed by atoms with Crippen LogP contribution in [-0.2, 0) is 4.79 Å². The van der Waals surface area contributed by atoms with Gasteiger partial charge in [-0.1, -0.05) is 36.0 Å². The molecule has 1 fully saturated rings. The number of hydrogen-bond acceptors (Lipinski definition) is 3. The number of hydrogen-bond donors (Lipinski definition) is 2. The van der Waals surface area contributed by atoms with Gasteiger partial charge in [-0.05, 0) is 67.6 Å². The lowest BCUT2D eigenvalue weighted by atomic mass is 9.83. The van der Waals surface area contributed by atoms with Gasteiger partial charge in [0.25, 0.3) is 5.91 Å².